The first-order valence-corrected chi connectivity index (χ1v) is 4.03. The van der Waals surface area contributed by atoms with Crippen molar-refractivity contribution in [2.45, 2.75) is 5.75 Å². The summed E-state index contributed by atoms with van der Waals surface area (Å²) >= 11 is 1.49. The molecule has 1 rings (SSSR count). The molecule has 0 heterocycles. The van der Waals surface area contributed by atoms with Crippen molar-refractivity contribution in [1.82, 2.24) is 0 Å². The highest BCUT2D eigenvalue weighted by Gasteiger charge is 1.86. The van der Waals surface area contributed by atoms with Crippen molar-refractivity contribution in [3.8, 4) is 11.7 Å². The van der Waals surface area contributed by atoms with Gasteiger partial charge in [-0.05, 0) is 10.8 Å². The first-order chi connectivity index (χ1) is 4.93. The number of hydrogen-bond donors (Lipinski definition) is 0. The highest BCUT2D eigenvalue weighted by molar-refractivity contribution is 8.03. The summed E-state index contributed by atoms with van der Waals surface area (Å²) in [6.07, 6.45) is 5.09. The van der Waals surface area contributed by atoms with Crippen LogP contribution < -0.4 is 0 Å². The molecule has 0 aliphatic rings. The molecule has 0 aliphatic carbocycles. The average Bonchev–Trinajstić information content (AvgIpc) is 2.03. The van der Waals surface area contributed by atoms with Gasteiger partial charge in [0.15, 0.2) is 0 Å². The smallest absolute Gasteiger partial charge is 0.0308 e. The third-order valence-electron chi connectivity index (χ3n) is 1.16. The Morgan fingerprint density at radius 3 is 2.60 bits per heavy atom. The molecule has 10 heavy (non-hydrogen) atoms. The van der Waals surface area contributed by atoms with Crippen LogP contribution in [0.3, 0.4) is 0 Å². The molecule has 0 atom stereocenters. The van der Waals surface area contributed by atoms with Gasteiger partial charge in [-0.15, -0.1) is 6.42 Å². The number of hydrogen-bond acceptors (Lipinski definition) is 1. The summed E-state index contributed by atoms with van der Waals surface area (Å²) in [4.78, 5) is 0. The second-order valence-electron chi connectivity index (χ2n) is 1.89. The average molecular weight is 148 g/mol. The van der Waals surface area contributed by atoms with Gasteiger partial charge < -0.3 is 0 Å². The zero-order chi connectivity index (χ0) is 7.23. The second-order valence-corrected chi connectivity index (χ2v) is 2.71. The number of terminal acetylenes is 1. The fourth-order valence-electron chi connectivity index (χ4n) is 0.699. The Labute approximate surface area is 65.6 Å². The van der Waals surface area contributed by atoms with Gasteiger partial charge in [-0.3, -0.25) is 0 Å². The first-order valence-electron chi connectivity index (χ1n) is 3.05. The molecule has 0 nitrogen and oxygen atoms in total. The lowest BCUT2D eigenvalue weighted by molar-refractivity contribution is 1.42. The first kappa shape index (κ1) is 7.24. The van der Waals surface area contributed by atoms with Crippen LogP contribution in [0.15, 0.2) is 30.3 Å². The van der Waals surface area contributed by atoms with Gasteiger partial charge in [-0.25, -0.2) is 0 Å². The molecule has 0 N–H and O–H groups in total. The molecule has 0 amide bonds. The molecule has 0 fully saturated rings. The van der Waals surface area contributed by atoms with E-state index in [9.17, 15) is 0 Å². The maximum absolute atomic E-state index is 5.09. The number of benzene rings is 1. The Balaban J connectivity index is 2.52. The van der Waals surface area contributed by atoms with Gasteiger partial charge in [0.25, 0.3) is 0 Å². The Bertz CT molecular complexity index is 220. The van der Waals surface area contributed by atoms with Crippen LogP contribution in [0.4, 0.5) is 0 Å². The van der Waals surface area contributed by atoms with Crippen molar-refractivity contribution >= 4 is 11.8 Å². The minimum absolute atomic E-state index is 0.914. The molecule has 50 valence electrons. The summed E-state index contributed by atoms with van der Waals surface area (Å²) in [5.41, 5.74) is 1.28. The van der Waals surface area contributed by atoms with Gasteiger partial charge in [-0.1, -0.05) is 42.1 Å². The van der Waals surface area contributed by atoms with Crippen molar-refractivity contribution in [3.05, 3.63) is 35.9 Å². The zero-order valence-corrected chi connectivity index (χ0v) is 6.40. The minimum atomic E-state index is 0.914. The molecule has 0 unspecified atom stereocenters. The topological polar surface area (TPSA) is 0 Å². The van der Waals surface area contributed by atoms with E-state index in [0.29, 0.717) is 0 Å². The van der Waals surface area contributed by atoms with E-state index in [0.717, 1.165) is 5.75 Å². The van der Waals surface area contributed by atoms with E-state index in [1.54, 1.807) is 0 Å². The van der Waals surface area contributed by atoms with E-state index >= 15 is 0 Å². The van der Waals surface area contributed by atoms with E-state index in [4.69, 9.17) is 6.42 Å². The van der Waals surface area contributed by atoms with Crippen molar-refractivity contribution in [1.29, 1.82) is 0 Å². The molecular formula is C9H8S. The molecule has 0 saturated heterocycles. The van der Waals surface area contributed by atoms with Crippen LogP contribution in [0.25, 0.3) is 0 Å². The lowest BCUT2D eigenvalue weighted by Gasteiger charge is -1.93. The van der Waals surface area contributed by atoms with E-state index in [-0.39, 0.29) is 0 Å². The molecule has 0 aliphatic heterocycles. The largest absolute Gasteiger partial charge is 0.108 e. The molecule has 1 aromatic rings. The van der Waals surface area contributed by atoms with Crippen molar-refractivity contribution in [2.24, 2.45) is 0 Å². The van der Waals surface area contributed by atoms with E-state index in [1.807, 2.05) is 18.2 Å². The molecule has 0 saturated carbocycles. The third-order valence-corrected chi connectivity index (χ3v) is 1.81. The summed E-state index contributed by atoms with van der Waals surface area (Å²) in [6.45, 7) is 0. The van der Waals surface area contributed by atoms with Crippen LogP contribution in [0, 0.1) is 11.7 Å². The summed E-state index contributed by atoms with van der Waals surface area (Å²) in [5.74, 6) is 0.914. The van der Waals surface area contributed by atoms with Crippen LogP contribution in [-0.2, 0) is 5.75 Å². The quantitative estimate of drug-likeness (QED) is 0.581. The zero-order valence-electron chi connectivity index (χ0n) is 5.58. The van der Waals surface area contributed by atoms with Gasteiger partial charge in [0.2, 0.25) is 0 Å². The lowest BCUT2D eigenvalue weighted by Crippen LogP contribution is -1.74. The predicted molar refractivity (Wildman–Crippen MR) is 46.6 cm³/mol. The highest BCUT2D eigenvalue weighted by atomic mass is 32.2. The van der Waals surface area contributed by atoms with Crippen molar-refractivity contribution in [2.75, 3.05) is 0 Å². The van der Waals surface area contributed by atoms with Crippen molar-refractivity contribution in [3.63, 3.8) is 0 Å². The third kappa shape index (κ3) is 2.16. The lowest BCUT2D eigenvalue weighted by atomic mass is 10.2. The summed E-state index contributed by atoms with van der Waals surface area (Å²) in [7, 11) is 0. The Morgan fingerprint density at radius 2 is 2.00 bits per heavy atom. The van der Waals surface area contributed by atoms with E-state index in [2.05, 4.69) is 17.4 Å². The Hall–Kier alpha value is -0.870. The van der Waals surface area contributed by atoms with Gasteiger partial charge >= 0.3 is 0 Å². The second kappa shape index (κ2) is 4.03. The normalized spacial score (nSPS) is 8.70. The van der Waals surface area contributed by atoms with Crippen LogP contribution in [0.5, 0.6) is 0 Å². The van der Waals surface area contributed by atoms with E-state index in [1.165, 1.54) is 17.3 Å². The Kier molecular flexibility index (Phi) is 2.92. The summed E-state index contributed by atoms with van der Waals surface area (Å²) < 4.78 is 0. The SMILES string of the molecule is C#CSCc1ccccc1. The monoisotopic (exact) mass is 148 g/mol. The van der Waals surface area contributed by atoms with Crippen LogP contribution in [0.1, 0.15) is 5.56 Å². The molecule has 1 aromatic carbocycles. The van der Waals surface area contributed by atoms with Crippen molar-refractivity contribution < 1.29 is 0 Å². The van der Waals surface area contributed by atoms with Crippen LogP contribution in [-0.4, -0.2) is 0 Å². The van der Waals surface area contributed by atoms with Gasteiger partial charge in [0.1, 0.15) is 0 Å². The number of thioether (sulfide) groups is 1. The molecule has 1 heteroatoms. The summed E-state index contributed by atoms with van der Waals surface area (Å²) in [6, 6.07) is 10.2. The Morgan fingerprint density at radius 1 is 1.30 bits per heavy atom. The van der Waals surface area contributed by atoms with Gasteiger partial charge in [0.05, 0.1) is 0 Å². The minimum Gasteiger partial charge on any atom is -0.108 e. The van der Waals surface area contributed by atoms with Crippen LogP contribution >= 0.6 is 11.8 Å². The van der Waals surface area contributed by atoms with Gasteiger partial charge in [-0.2, -0.15) is 0 Å². The maximum atomic E-state index is 5.09. The van der Waals surface area contributed by atoms with Crippen LogP contribution in [0.2, 0.25) is 0 Å². The van der Waals surface area contributed by atoms with Gasteiger partial charge in [0, 0.05) is 5.75 Å². The molecule has 0 spiro atoms. The number of rotatable bonds is 2. The van der Waals surface area contributed by atoms with E-state index < -0.39 is 0 Å². The summed E-state index contributed by atoms with van der Waals surface area (Å²) in [5, 5.41) is 2.53. The fourth-order valence-corrected chi connectivity index (χ4v) is 1.14. The molecule has 0 radical (unpaired) electrons. The highest BCUT2D eigenvalue weighted by Crippen LogP contribution is 2.08. The molecular weight excluding hydrogens is 140 g/mol. The predicted octanol–water partition coefficient (Wildman–Crippen LogP) is 2.51. The molecule has 0 aromatic heterocycles. The standard InChI is InChI=1S/C9H8S/c1-2-10-8-9-6-4-3-5-7-9/h1,3-7H,8H2. The molecule has 0 bridgehead atoms. The maximum Gasteiger partial charge on any atom is 0.0308 e. The fraction of sp³-hybridized carbons (Fsp3) is 0.111.